The van der Waals surface area contributed by atoms with Gasteiger partial charge in [0.2, 0.25) is 5.91 Å². The molecule has 0 radical (unpaired) electrons. The number of nitrogens with zero attached hydrogens (tertiary/aromatic N) is 4. The molecule has 3 rings (SSSR count). The van der Waals surface area contributed by atoms with Gasteiger partial charge in [0.25, 0.3) is 5.91 Å². The second kappa shape index (κ2) is 11.1. The fraction of sp³-hybridized carbons (Fsp3) is 0.667. The molecule has 2 saturated heterocycles. The molecule has 0 bridgehead atoms. The molecule has 2 aliphatic heterocycles. The monoisotopic (exact) mass is 430 g/mol. The Bertz CT molecular complexity index is 717. The minimum Gasteiger partial charge on any atom is -0.373 e. The van der Waals surface area contributed by atoms with Gasteiger partial charge >= 0.3 is 0 Å². The van der Waals surface area contributed by atoms with Crippen molar-refractivity contribution in [2.75, 3.05) is 58.9 Å². The molecule has 7 nitrogen and oxygen atoms in total. The average Bonchev–Trinajstić information content (AvgIpc) is 2.74. The lowest BCUT2D eigenvalue weighted by Crippen LogP contribution is -2.51. The van der Waals surface area contributed by atoms with Crippen LogP contribution in [0.2, 0.25) is 0 Å². The second-order valence-corrected chi connectivity index (χ2v) is 8.78. The summed E-state index contributed by atoms with van der Waals surface area (Å²) >= 11 is 0. The van der Waals surface area contributed by atoms with Crippen LogP contribution < -0.4 is 0 Å². The molecule has 1 aromatic carbocycles. The Morgan fingerprint density at radius 3 is 2.06 bits per heavy atom. The van der Waals surface area contributed by atoms with E-state index >= 15 is 0 Å². The number of rotatable bonds is 7. The van der Waals surface area contributed by atoms with Crippen LogP contribution in [0.5, 0.6) is 0 Å². The number of hydrogen-bond acceptors (Lipinski definition) is 5. The van der Waals surface area contributed by atoms with E-state index in [4.69, 9.17) is 4.74 Å². The van der Waals surface area contributed by atoms with Crippen LogP contribution in [-0.4, -0.2) is 103 Å². The summed E-state index contributed by atoms with van der Waals surface area (Å²) in [5, 5.41) is 0. The van der Waals surface area contributed by atoms with Gasteiger partial charge in [0, 0.05) is 64.5 Å². The molecule has 0 aromatic heterocycles. The van der Waals surface area contributed by atoms with Crippen molar-refractivity contribution < 1.29 is 14.3 Å². The number of carbonyl (C=O) groups is 2. The first-order chi connectivity index (χ1) is 14.9. The molecule has 0 spiro atoms. The number of carbonyl (C=O) groups excluding carboxylic acids is 2. The van der Waals surface area contributed by atoms with Crippen LogP contribution in [0.4, 0.5) is 0 Å². The van der Waals surface area contributed by atoms with E-state index < -0.39 is 0 Å². The number of benzene rings is 1. The molecule has 172 valence electrons. The highest BCUT2D eigenvalue weighted by atomic mass is 16.5. The first kappa shape index (κ1) is 23.7. The van der Waals surface area contributed by atoms with Crippen LogP contribution in [0, 0.1) is 0 Å². The van der Waals surface area contributed by atoms with E-state index in [0.717, 1.165) is 51.4 Å². The third-order valence-electron chi connectivity index (χ3n) is 6.24. The lowest BCUT2D eigenvalue weighted by atomic mass is 10.1. The standard InChI is InChI=1S/C24H38N4O3/c1-5-27(6-2)23(29)18-25-11-13-28(14-12-25)24(30)22-9-7-21(8-10-22)17-26-15-19(3)31-20(4)16-26/h7-10,19-20H,5-6,11-18H2,1-4H3. The van der Waals surface area contributed by atoms with Gasteiger partial charge in [-0.1, -0.05) is 12.1 Å². The topological polar surface area (TPSA) is 56.3 Å². The predicted octanol–water partition coefficient (Wildman–Crippen LogP) is 1.92. The number of hydrogen-bond donors (Lipinski definition) is 0. The first-order valence-electron chi connectivity index (χ1n) is 11.7. The molecule has 2 amide bonds. The van der Waals surface area contributed by atoms with Gasteiger partial charge in [0.05, 0.1) is 18.8 Å². The molecule has 0 saturated carbocycles. The van der Waals surface area contributed by atoms with Gasteiger partial charge in [0.1, 0.15) is 0 Å². The molecule has 2 unspecified atom stereocenters. The normalized spacial score (nSPS) is 23.0. The zero-order chi connectivity index (χ0) is 22.4. The highest BCUT2D eigenvalue weighted by Crippen LogP contribution is 2.16. The highest BCUT2D eigenvalue weighted by molar-refractivity contribution is 5.94. The van der Waals surface area contributed by atoms with Crippen molar-refractivity contribution in [3.8, 4) is 0 Å². The van der Waals surface area contributed by atoms with E-state index in [1.54, 1.807) is 0 Å². The molecule has 0 aliphatic carbocycles. The van der Waals surface area contributed by atoms with E-state index in [0.29, 0.717) is 19.6 Å². The van der Waals surface area contributed by atoms with E-state index in [2.05, 4.69) is 35.8 Å². The Hall–Kier alpha value is -1.96. The summed E-state index contributed by atoms with van der Waals surface area (Å²) in [5.74, 6) is 0.249. The molecule has 31 heavy (non-hydrogen) atoms. The zero-order valence-electron chi connectivity index (χ0n) is 19.5. The van der Waals surface area contributed by atoms with Gasteiger partial charge < -0.3 is 14.5 Å². The molecule has 2 heterocycles. The molecule has 1 aromatic rings. The summed E-state index contributed by atoms with van der Waals surface area (Å²) in [6, 6.07) is 8.02. The second-order valence-electron chi connectivity index (χ2n) is 8.78. The zero-order valence-corrected chi connectivity index (χ0v) is 19.5. The van der Waals surface area contributed by atoms with E-state index in [1.807, 2.05) is 35.8 Å². The highest BCUT2D eigenvalue weighted by Gasteiger charge is 2.25. The fourth-order valence-electron chi connectivity index (χ4n) is 4.58. The van der Waals surface area contributed by atoms with Crippen LogP contribution in [-0.2, 0) is 16.1 Å². The van der Waals surface area contributed by atoms with Gasteiger partial charge in [-0.25, -0.2) is 0 Å². The minimum atomic E-state index is 0.0786. The van der Waals surface area contributed by atoms with Crippen molar-refractivity contribution in [3.63, 3.8) is 0 Å². The summed E-state index contributed by atoms with van der Waals surface area (Å²) in [4.78, 5) is 33.6. The summed E-state index contributed by atoms with van der Waals surface area (Å²) in [6.07, 6.45) is 0.510. The van der Waals surface area contributed by atoms with Crippen molar-refractivity contribution in [3.05, 3.63) is 35.4 Å². The maximum Gasteiger partial charge on any atom is 0.253 e. The van der Waals surface area contributed by atoms with Crippen LogP contribution in [0.25, 0.3) is 0 Å². The summed E-state index contributed by atoms with van der Waals surface area (Å²) in [6.45, 7) is 15.7. The van der Waals surface area contributed by atoms with Crippen molar-refractivity contribution in [2.45, 2.75) is 46.4 Å². The third kappa shape index (κ3) is 6.51. The summed E-state index contributed by atoms with van der Waals surface area (Å²) in [5.41, 5.74) is 1.96. The summed E-state index contributed by atoms with van der Waals surface area (Å²) in [7, 11) is 0. The molecular formula is C24H38N4O3. The fourth-order valence-corrected chi connectivity index (χ4v) is 4.58. The van der Waals surface area contributed by atoms with E-state index in [9.17, 15) is 9.59 Å². The van der Waals surface area contributed by atoms with Crippen molar-refractivity contribution in [2.24, 2.45) is 0 Å². The van der Waals surface area contributed by atoms with Crippen molar-refractivity contribution in [1.82, 2.24) is 19.6 Å². The van der Waals surface area contributed by atoms with Crippen LogP contribution in [0.15, 0.2) is 24.3 Å². The van der Waals surface area contributed by atoms with E-state index in [1.165, 1.54) is 5.56 Å². The van der Waals surface area contributed by atoms with Crippen LogP contribution >= 0.6 is 0 Å². The van der Waals surface area contributed by atoms with Gasteiger partial charge in [-0.05, 0) is 45.4 Å². The number of morpholine rings is 1. The molecule has 0 N–H and O–H groups in total. The minimum absolute atomic E-state index is 0.0786. The smallest absolute Gasteiger partial charge is 0.253 e. The molecule has 2 aliphatic rings. The van der Waals surface area contributed by atoms with Crippen molar-refractivity contribution in [1.29, 1.82) is 0 Å². The third-order valence-corrected chi connectivity index (χ3v) is 6.24. The number of amides is 2. The summed E-state index contributed by atoms with van der Waals surface area (Å²) < 4.78 is 5.81. The Balaban J connectivity index is 1.48. The van der Waals surface area contributed by atoms with Gasteiger partial charge in [-0.15, -0.1) is 0 Å². The van der Waals surface area contributed by atoms with Gasteiger partial charge in [0.15, 0.2) is 0 Å². The molecular weight excluding hydrogens is 392 g/mol. The maximum atomic E-state index is 12.9. The quantitative estimate of drug-likeness (QED) is 0.662. The number of piperazine rings is 1. The average molecular weight is 431 g/mol. The maximum absolute atomic E-state index is 12.9. The lowest BCUT2D eigenvalue weighted by Gasteiger charge is -2.35. The predicted molar refractivity (Wildman–Crippen MR) is 122 cm³/mol. The molecule has 7 heteroatoms. The van der Waals surface area contributed by atoms with Crippen LogP contribution in [0.1, 0.15) is 43.6 Å². The van der Waals surface area contributed by atoms with Gasteiger partial charge in [-0.3, -0.25) is 19.4 Å². The molecule has 2 atom stereocenters. The first-order valence-corrected chi connectivity index (χ1v) is 11.7. The Morgan fingerprint density at radius 2 is 1.52 bits per heavy atom. The SMILES string of the molecule is CCN(CC)C(=O)CN1CCN(C(=O)c2ccc(CN3CC(C)OC(C)C3)cc2)CC1. The Kier molecular flexibility index (Phi) is 8.46. The van der Waals surface area contributed by atoms with Crippen LogP contribution in [0.3, 0.4) is 0 Å². The van der Waals surface area contributed by atoms with Gasteiger partial charge in [-0.2, -0.15) is 0 Å². The Morgan fingerprint density at radius 1 is 0.935 bits per heavy atom. The van der Waals surface area contributed by atoms with Crippen molar-refractivity contribution >= 4 is 11.8 Å². The number of ether oxygens (including phenoxy) is 1. The largest absolute Gasteiger partial charge is 0.373 e. The van der Waals surface area contributed by atoms with E-state index in [-0.39, 0.29) is 24.0 Å². The lowest BCUT2D eigenvalue weighted by molar-refractivity contribution is -0.132. The Labute approximate surface area is 186 Å². The number of likely N-dealkylation sites (N-methyl/N-ethyl adjacent to an activating group) is 1. The molecule has 2 fully saturated rings.